The molecule has 1 aliphatic rings. The number of aromatic nitrogens is 1. The Morgan fingerprint density at radius 2 is 2.35 bits per heavy atom. The first-order valence-corrected chi connectivity index (χ1v) is 7.07. The van der Waals surface area contributed by atoms with Crippen LogP contribution in [-0.2, 0) is 4.79 Å². The molecule has 20 heavy (non-hydrogen) atoms. The van der Waals surface area contributed by atoms with Crippen molar-refractivity contribution in [1.82, 2.24) is 9.88 Å². The van der Waals surface area contributed by atoms with Crippen molar-refractivity contribution in [3.63, 3.8) is 0 Å². The molecule has 0 bridgehead atoms. The van der Waals surface area contributed by atoms with Crippen molar-refractivity contribution in [3.05, 3.63) is 29.6 Å². The average Bonchev–Trinajstić information content (AvgIpc) is 3.17. The van der Waals surface area contributed by atoms with Crippen LogP contribution in [0.25, 0.3) is 10.6 Å². The highest BCUT2D eigenvalue weighted by atomic mass is 32.1. The van der Waals surface area contributed by atoms with Crippen LogP contribution in [0.3, 0.4) is 0 Å². The first kappa shape index (κ1) is 12.9. The Kier molecular flexibility index (Phi) is 3.27. The summed E-state index contributed by atoms with van der Waals surface area (Å²) in [5, 5.41) is 11.0. The minimum Gasteiger partial charge on any atom is -0.480 e. The number of aliphatic carboxylic acids is 1. The third-order valence-electron chi connectivity index (χ3n) is 3.31. The van der Waals surface area contributed by atoms with Gasteiger partial charge in [0.1, 0.15) is 6.04 Å². The van der Waals surface area contributed by atoms with Crippen LogP contribution in [0.4, 0.5) is 0 Å². The Balaban J connectivity index is 1.92. The fraction of sp³-hybridized carbons (Fsp3) is 0.308. The molecule has 6 nitrogen and oxygen atoms in total. The van der Waals surface area contributed by atoms with Crippen LogP contribution in [0.1, 0.15) is 23.3 Å². The zero-order valence-electron chi connectivity index (χ0n) is 10.5. The van der Waals surface area contributed by atoms with E-state index in [0.717, 1.165) is 4.88 Å². The molecule has 3 rings (SSSR count). The van der Waals surface area contributed by atoms with Crippen molar-refractivity contribution in [1.29, 1.82) is 0 Å². The maximum absolute atomic E-state index is 12.5. The Morgan fingerprint density at radius 1 is 1.50 bits per heavy atom. The number of oxazole rings is 1. The van der Waals surface area contributed by atoms with E-state index in [1.807, 2.05) is 17.5 Å². The summed E-state index contributed by atoms with van der Waals surface area (Å²) < 4.78 is 5.29. The SMILES string of the molecule is O=C(O)[C@@H]1CCCN1C(=O)c1ncoc1-c1cccs1. The maximum atomic E-state index is 12.5. The first-order chi connectivity index (χ1) is 9.68. The van der Waals surface area contributed by atoms with Gasteiger partial charge in [-0.3, -0.25) is 4.79 Å². The molecule has 1 amide bonds. The number of likely N-dealkylation sites (tertiary alicyclic amines) is 1. The number of nitrogens with zero attached hydrogens (tertiary/aromatic N) is 2. The summed E-state index contributed by atoms with van der Waals surface area (Å²) in [6.07, 6.45) is 2.39. The lowest BCUT2D eigenvalue weighted by molar-refractivity contribution is -0.141. The summed E-state index contributed by atoms with van der Waals surface area (Å²) in [6.45, 7) is 0.437. The van der Waals surface area contributed by atoms with Crippen molar-refractivity contribution in [2.45, 2.75) is 18.9 Å². The van der Waals surface area contributed by atoms with Gasteiger partial charge in [-0.1, -0.05) is 6.07 Å². The lowest BCUT2D eigenvalue weighted by Gasteiger charge is -2.20. The normalized spacial score (nSPS) is 18.4. The van der Waals surface area contributed by atoms with Crippen LogP contribution in [0, 0.1) is 0 Å². The average molecular weight is 292 g/mol. The van der Waals surface area contributed by atoms with E-state index in [2.05, 4.69) is 4.98 Å². The fourth-order valence-electron chi connectivity index (χ4n) is 2.38. The first-order valence-electron chi connectivity index (χ1n) is 6.19. The van der Waals surface area contributed by atoms with Crippen LogP contribution in [-0.4, -0.2) is 39.5 Å². The predicted octanol–water partition coefficient (Wildman–Crippen LogP) is 2.09. The summed E-state index contributed by atoms with van der Waals surface area (Å²) in [5.41, 5.74) is 0.181. The van der Waals surface area contributed by atoms with Crippen LogP contribution < -0.4 is 0 Å². The van der Waals surface area contributed by atoms with Crippen LogP contribution in [0.15, 0.2) is 28.3 Å². The highest BCUT2D eigenvalue weighted by Crippen LogP contribution is 2.30. The van der Waals surface area contributed by atoms with Crippen LogP contribution >= 0.6 is 11.3 Å². The fourth-order valence-corrected chi connectivity index (χ4v) is 3.10. The van der Waals surface area contributed by atoms with Gasteiger partial charge in [0.05, 0.1) is 4.88 Å². The molecule has 7 heteroatoms. The number of carbonyl (C=O) groups is 2. The summed E-state index contributed by atoms with van der Waals surface area (Å²) in [5.74, 6) is -0.954. The standard InChI is InChI=1S/C13H12N2O4S/c16-12(15-5-1-3-8(15)13(17)18)10-11(19-7-14-10)9-4-2-6-20-9/h2,4,6-8H,1,3,5H2,(H,17,18)/t8-/m0/s1. The number of amides is 1. The third-order valence-corrected chi connectivity index (χ3v) is 4.18. The molecule has 1 atom stereocenters. The number of rotatable bonds is 3. The Labute approximate surface area is 118 Å². The maximum Gasteiger partial charge on any atom is 0.326 e. The summed E-state index contributed by atoms with van der Waals surface area (Å²) in [4.78, 5) is 29.8. The van der Waals surface area contributed by atoms with Crippen molar-refractivity contribution >= 4 is 23.2 Å². The van der Waals surface area contributed by atoms with Gasteiger partial charge in [-0.2, -0.15) is 0 Å². The molecule has 3 heterocycles. The monoisotopic (exact) mass is 292 g/mol. The Morgan fingerprint density at radius 3 is 3.05 bits per heavy atom. The number of hydrogen-bond acceptors (Lipinski definition) is 5. The van der Waals surface area contributed by atoms with Gasteiger partial charge >= 0.3 is 5.97 Å². The minimum absolute atomic E-state index is 0.181. The smallest absolute Gasteiger partial charge is 0.326 e. The van der Waals surface area contributed by atoms with Gasteiger partial charge in [0.25, 0.3) is 5.91 Å². The molecule has 1 saturated heterocycles. The minimum atomic E-state index is -0.975. The van der Waals surface area contributed by atoms with Gasteiger partial charge in [0, 0.05) is 6.54 Å². The Bertz CT molecular complexity index is 635. The molecule has 0 aliphatic carbocycles. The largest absolute Gasteiger partial charge is 0.480 e. The van der Waals surface area contributed by atoms with E-state index < -0.39 is 12.0 Å². The van der Waals surface area contributed by atoms with E-state index in [4.69, 9.17) is 9.52 Å². The third kappa shape index (κ3) is 2.09. The molecular weight excluding hydrogens is 280 g/mol. The number of carboxylic acids is 1. The van der Waals surface area contributed by atoms with Gasteiger partial charge in [-0.05, 0) is 24.3 Å². The Hall–Kier alpha value is -2.15. The number of thiophene rings is 1. The van der Waals surface area contributed by atoms with Gasteiger partial charge in [-0.25, -0.2) is 9.78 Å². The molecular formula is C13H12N2O4S. The summed E-state index contributed by atoms with van der Waals surface area (Å²) >= 11 is 1.44. The summed E-state index contributed by atoms with van der Waals surface area (Å²) in [6, 6.07) is 2.92. The number of hydrogen-bond donors (Lipinski definition) is 1. The molecule has 1 fully saturated rings. The van der Waals surface area contributed by atoms with E-state index in [-0.39, 0.29) is 11.6 Å². The van der Waals surface area contributed by atoms with Crippen LogP contribution in [0.2, 0.25) is 0 Å². The van der Waals surface area contributed by atoms with Gasteiger partial charge in [0.15, 0.2) is 17.8 Å². The topological polar surface area (TPSA) is 83.6 Å². The van der Waals surface area contributed by atoms with E-state index >= 15 is 0 Å². The number of carbonyl (C=O) groups excluding carboxylic acids is 1. The zero-order chi connectivity index (χ0) is 14.1. The van der Waals surface area contributed by atoms with Crippen molar-refractivity contribution in [2.75, 3.05) is 6.54 Å². The van der Waals surface area contributed by atoms with E-state index in [1.165, 1.54) is 22.6 Å². The molecule has 0 unspecified atom stereocenters. The van der Waals surface area contributed by atoms with Crippen molar-refractivity contribution in [2.24, 2.45) is 0 Å². The molecule has 2 aromatic rings. The highest BCUT2D eigenvalue weighted by Gasteiger charge is 2.36. The summed E-state index contributed by atoms with van der Waals surface area (Å²) in [7, 11) is 0. The van der Waals surface area contributed by atoms with E-state index in [9.17, 15) is 9.59 Å². The second-order valence-electron chi connectivity index (χ2n) is 4.50. The molecule has 0 aromatic carbocycles. The quantitative estimate of drug-likeness (QED) is 0.936. The molecule has 104 valence electrons. The molecule has 1 N–H and O–H groups in total. The zero-order valence-corrected chi connectivity index (χ0v) is 11.3. The molecule has 0 radical (unpaired) electrons. The van der Waals surface area contributed by atoms with E-state index in [0.29, 0.717) is 25.1 Å². The second kappa shape index (κ2) is 5.09. The molecule has 1 aliphatic heterocycles. The molecule has 0 spiro atoms. The second-order valence-corrected chi connectivity index (χ2v) is 5.45. The van der Waals surface area contributed by atoms with Crippen molar-refractivity contribution < 1.29 is 19.1 Å². The van der Waals surface area contributed by atoms with E-state index in [1.54, 1.807) is 0 Å². The van der Waals surface area contributed by atoms with Crippen molar-refractivity contribution in [3.8, 4) is 10.6 Å². The molecule has 0 saturated carbocycles. The molecule has 2 aromatic heterocycles. The highest BCUT2D eigenvalue weighted by molar-refractivity contribution is 7.13. The van der Waals surface area contributed by atoms with Gasteiger partial charge in [0.2, 0.25) is 0 Å². The lowest BCUT2D eigenvalue weighted by Crippen LogP contribution is -2.40. The predicted molar refractivity (Wildman–Crippen MR) is 71.5 cm³/mol. The van der Waals surface area contributed by atoms with Gasteiger partial charge in [-0.15, -0.1) is 11.3 Å². The van der Waals surface area contributed by atoms with Crippen LogP contribution in [0.5, 0.6) is 0 Å². The van der Waals surface area contributed by atoms with Gasteiger partial charge < -0.3 is 14.4 Å². The number of carboxylic acid groups (broad SMARTS) is 1. The lowest BCUT2D eigenvalue weighted by atomic mass is 10.2.